The van der Waals surface area contributed by atoms with Crippen molar-refractivity contribution in [2.24, 2.45) is 5.73 Å². The van der Waals surface area contributed by atoms with Gasteiger partial charge >= 0.3 is 0 Å². The molecular formula is C11H17N3. The Hall–Kier alpha value is -0.960. The summed E-state index contributed by atoms with van der Waals surface area (Å²) in [6.07, 6.45) is 8.75. The highest BCUT2D eigenvalue weighted by atomic mass is 14.9. The predicted molar refractivity (Wildman–Crippen MR) is 55.7 cm³/mol. The van der Waals surface area contributed by atoms with Crippen LogP contribution in [0.15, 0.2) is 12.4 Å². The Labute approximate surface area is 84.8 Å². The number of aromatic nitrogens is 2. The molecule has 2 N–H and O–H groups in total. The van der Waals surface area contributed by atoms with Crippen molar-refractivity contribution in [2.45, 2.75) is 44.6 Å². The Morgan fingerprint density at radius 3 is 2.36 bits per heavy atom. The van der Waals surface area contributed by atoms with Crippen molar-refractivity contribution in [1.82, 2.24) is 9.97 Å². The molecule has 0 bridgehead atoms. The van der Waals surface area contributed by atoms with E-state index in [1.54, 1.807) is 0 Å². The average Bonchev–Trinajstić information content (AvgIpc) is 2.67. The molecule has 0 atom stereocenters. The second kappa shape index (κ2) is 3.65. The lowest BCUT2D eigenvalue weighted by Crippen LogP contribution is -2.20. The number of hydrogen-bond acceptors (Lipinski definition) is 3. The molecule has 1 aliphatic carbocycles. The van der Waals surface area contributed by atoms with Gasteiger partial charge in [0.05, 0.1) is 0 Å². The van der Waals surface area contributed by atoms with E-state index in [-0.39, 0.29) is 5.41 Å². The molecule has 1 heterocycles. The minimum absolute atomic E-state index is 0.215. The van der Waals surface area contributed by atoms with Gasteiger partial charge in [-0.2, -0.15) is 0 Å². The van der Waals surface area contributed by atoms with Crippen LogP contribution in [0.4, 0.5) is 0 Å². The van der Waals surface area contributed by atoms with Crippen molar-refractivity contribution < 1.29 is 0 Å². The van der Waals surface area contributed by atoms with Gasteiger partial charge in [0, 0.05) is 29.9 Å². The molecule has 1 aliphatic rings. The Kier molecular flexibility index (Phi) is 2.50. The van der Waals surface area contributed by atoms with Gasteiger partial charge in [0.25, 0.3) is 0 Å². The summed E-state index contributed by atoms with van der Waals surface area (Å²) in [6.45, 7) is 2.79. The average molecular weight is 191 g/mol. The maximum atomic E-state index is 5.51. The highest BCUT2D eigenvalue weighted by Gasteiger charge is 2.32. The standard InChI is InChI=1S/C11H17N3/c1-11(4-2-3-5-11)10-13-7-9(6-12)8-14-10/h7-8H,2-6,12H2,1H3. The van der Waals surface area contributed by atoms with Crippen LogP contribution in [0.5, 0.6) is 0 Å². The lowest BCUT2D eigenvalue weighted by Gasteiger charge is -2.21. The van der Waals surface area contributed by atoms with E-state index < -0.39 is 0 Å². The summed E-state index contributed by atoms with van der Waals surface area (Å²) < 4.78 is 0. The third-order valence-electron chi connectivity index (χ3n) is 3.19. The first kappa shape index (κ1) is 9.59. The molecule has 1 aromatic rings. The van der Waals surface area contributed by atoms with E-state index in [1.165, 1.54) is 25.7 Å². The third-order valence-corrected chi connectivity index (χ3v) is 3.19. The fourth-order valence-corrected chi connectivity index (χ4v) is 2.15. The van der Waals surface area contributed by atoms with E-state index >= 15 is 0 Å². The van der Waals surface area contributed by atoms with Crippen molar-refractivity contribution in [3.05, 3.63) is 23.8 Å². The smallest absolute Gasteiger partial charge is 0.134 e. The Balaban J connectivity index is 2.23. The van der Waals surface area contributed by atoms with Crippen molar-refractivity contribution in [2.75, 3.05) is 0 Å². The fraction of sp³-hybridized carbons (Fsp3) is 0.636. The first-order valence-electron chi connectivity index (χ1n) is 5.26. The first-order chi connectivity index (χ1) is 6.74. The second-order valence-corrected chi connectivity index (χ2v) is 4.39. The molecule has 0 radical (unpaired) electrons. The molecule has 76 valence electrons. The molecule has 2 rings (SSSR count). The van der Waals surface area contributed by atoms with Crippen LogP contribution in [-0.4, -0.2) is 9.97 Å². The molecule has 0 saturated heterocycles. The van der Waals surface area contributed by atoms with Gasteiger partial charge in [-0.15, -0.1) is 0 Å². The van der Waals surface area contributed by atoms with Gasteiger partial charge in [-0.05, 0) is 12.8 Å². The number of rotatable bonds is 2. The lowest BCUT2D eigenvalue weighted by atomic mass is 9.88. The molecular weight excluding hydrogens is 174 g/mol. The summed E-state index contributed by atoms with van der Waals surface area (Å²) in [5.41, 5.74) is 6.73. The monoisotopic (exact) mass is 191 g/mol. The Morgan fingerprint density at radius 2 is 1.86 bits per heavy atom. The second-order valence-electron chi connectivity index (χ2n) is 4.39. The van der Waals surface area contributed by atoms with Gasteiger partial charge in [-0.25, -0.2) is 9.97 Å². The summed E-state index contributed by atoms with van der Waals surface area (Å²) in [4.78, 5) is 8.82. The Bertz CT molecular complexity index is 299. The molecule has 1 saturated carbocycles. The maximum absolute atomic E-state index is 5.51. The summed E-state index contributed by atoms with van der Waals surface area (Å²) in [5, 5.41) is 0. The molecule has 0 aromatic carbocycles. The predicted octanol–water partition coefficient (Wildman–Crippen LogP) is 1.77. The van der Waals surface area contributed by atoms with Crippen molar-refractivity contribution in [3.8, 4) is 0 Å². The highest BCUT2D eigenvalue weighted by molar-refractivity contribution is 5.12. The minimum atomic E-state index is 0.215. The van der Waals surface area contributed by atoms with Crippen molar-refractivity contribution in [1.29, 1.82) is 0 Å². The number of hydrogen-bond donors (Lipinski definition) is 1. The van der Waals surface area contributed by atoms with Gasteiger partial charge in [0.15, 0.2) is 0 Å². The normalized spacial score (nSPS) is 19.9. The molecule has 1 aromatic heterocycles. The third kappa shape index (κ3) is 1.64. The van der Waals surface area contributed by atoms with Gasteiger partial charge in [-0.3, -0.25) is 0 Å². The van der Waals surface area contributed by atoms with Crippen molar-refractivity contribution >= 4 is 0 Å². The SMILES string of the molecule is CC1(c2ncc(CN)cn2)CCCC1. The Morgan fingerprint density at radius 1 is 1.29 bits per heavy atom. The van der Waals surface area contributed by atoms with Gasteiger partial charge in [0.1, 0.15) is 5.82 Å². The van der Waals surface area contributed by atoms with Crippen LogP contribution < -0.4 is 5.73 Å². The van der Waals surface area contributed by atoms with Gasteiger partial charge in [-0.1, -0.05) is 19.8 Å². The molecule has 3 heteroatoms. The van der Waals surface area contributed by atoms with Crippen LogP contribution >= 0.6 is 0 Å². The van der Waals surface area contributed by atoms with E-state index in [0.717, 1.165) is 11.4 Å². The summed E-state index contributed by atoms with van der Waals surface area (Å²) in [7, 11) is 0. The topological polar surface area (TPSA) is 51.8 Å². The molecule has 1 fully saturated rings. The van der Waals surface area contributed by atoms with Gasteiger partial charge < -0.3 is 5.73 Å². The fourth-order valence-electron chi connectivity index (χ4n) is 2.15. The first-order valence-corrected chi connectivity index (χ1v) is 5.26. The molecule has 3 nitrogen and oxygen atoms in total. The number of nitrogens with two attached hydrogens (primary N) is 1. The summed E-state index contributed by atoms with van der Waals surface area (Å²) >= 11 is 0. The molecule has 0 amide bonds. The summed E-state index contributed by atoms with van der Waals surface area (Å²) in [6, 6.07) is 0. The highest BCUT2D eigenvalue weighted by Crippen LogP contribution is 2.38. The van der Waals surface area contributed by atoms with E-state index in [0.29, 0.717) is 6.54 Å². The van der Waals surface area contributed by atoms with E-state index in [2.05, 4.69) is 16.9 Å². The molecule has 0 unspecified atom stereocenters. The van der Waals surface area contributed by atoms with Gasteiger partial charge in [0.2, 0.25) is 0 Å². The zero-order chi connectivity index (χ0) is 10.0. The zero-order valence-electron chi connectivity index (χ0n) is 8.66. The summed E-state index contributed by atoms with van der Waals surface area (Å²) in [5.74, 6) is 0.993. The van der Waals surface area contributed by atoms with Crippen LogP contribution in [0, 0.1) is 0 Å². The molecule has 0 aliphatic heterocycles. The van der Waals surface area contributed by atoms with Crippen LogP contribution in [0.25, 0.3) is 0 Å². The molecule has 14 heavy (non-hydrogen) atoms. The minimum Gasteiger partial charge on any atom is -0.326 e. The van der Waals surface area contributed by atoms with Crippen LogP contribution in [0.1, 0.15) is 44.0 Å². The lowest BCUT2D eigenvalue weighted by molar-refractivity contribution is 0.458. The quantitative estimate of drug-likeness (QED) is 0.775. The van der Waals surface area contributed by atoms with Crippen LogP contribution in [-0.2, 0) is 12.0 Å². The zero-order valence-corrected chi connectivity index (χ0v) is 8.66. The largest absolute Gasteiger partial charge is 0.326 e. The van der Waals surface area contributed by atoms with Crippen LogP contribution in [0.3, 0.4) is 0 Å². The maximum Gasteiger partial charge on any atom is 0.134 e. The van der Waals surface area contributed by atoms with E-state index in [9.17, 15) is 0 Å². The van der Waals surface area contributed by atoms with Crippen molar-refractivity contribution in [3.63, 3.8) is 0 Å². The van der Waals surface area contributed by atoms with Crippen LogP contribution in [0.2, 0.25) is 0 Å². The number of nitrogens with zero attached hydrogens (tertiary/aromatic N) is 2. The van der Waals surface area contributed by atoms with E-state index in [1.807, 2.05) is 12.4 Å². The van der Waals surface area contributed by atoms with E-state index in [4.69, 9.17) is 5.73 Å². The molecule has 0 spiro atoms.